The summed E-state index contributed by atoms with van der Waals surface area (Å²) < 4.78 is 14.6. The lowest BCUT2D eigenvalue weighted by molar-refractivity contribution is 0.315. The van der Waals surface area contributed by atoms with E-state index in [9.17, 15) is 9.59 Å². The van der Waals surface area contributed by atoms with E-state index in [1.807, 2.05) is 86.9 Å². The molecule has 8 aromatic rings. The monoisotopic (exact) mass is 764 g/mol. The number of fused-ring (bicyclic) bond motifs is 4. The number of likely N-dealkylation sites (N-methyl/N-ethyl adjacent to an activating group) is 1. The molecule has 2 aliphatic heterocycles. The molecule has 14 nitrogen and oxygen atoms in total. The van der Waals surface area contributed by atoms with E-state index in [1.165, 1.54) is 0 Å². The number of anilines is 2. The molecule has 0 amide bonds. The average molecular weight is 765 g/mol. The molecule has 0 bridgehead atoms. The zero-order valence-corrected chi connectivity index (χ0v) is 32.5. The predicted molar refractivity (Wildman–Crippen MR) is 222 cm³/mol. The lowest BCUT2D eigenvalue weighted by atomic mass is 10.1. The van der Waals surface area contributed by atoms with E-state index in [-0.39, 0.29) is 11.1 Å². The van der Waals surface area contributed by atoms with Gasteiger partial charge in [-0.1, -0.05) is 19.1 Å². The van der Waals surface area contributed by atoms with Crippen LogP contribution in [0.2, 0.25) is 0 Å². The fourth-order valence-corrected chi connectivity index (χ4v) is 7.66. The van der Waals surface area contributed by atoms with Crippen molar-refractivity contribution >= 4 is 44.9 Å². The molecular weight excluding hydrogens is 721 g/mol. The Hall–Kier alpha value is -6.38. The van der Waals surface area contributed by atoms with Gasteiger partial charge in [0.1, 0.15) is 22.3 Å². The second-order valence-corrected chi connectivity index (χ2v) is 14.8. The highest BCUT2D eigenvalue weighted by Crippen LogP contribution is 2.27. The fourth-order valence-electron chi connectivity index (χ4n) is 7.66. The molecule has 0 radical (unpaired) electrons. The van der Waals surface area contributed by atoms with Crippen molar-refractivity contribution in [2.75, 3.05) is 63.2 Å². The number of aryl methyl sites for hydroxylation is 2. The maximum absolute atomic E-state index is 12.8. The summed E-state index contributed by atoms with van der Waals surface area (Å²) in [5, 5.41) is 3.34. The maximum atomic E-state index is 12.8. The van der Waals surface area contributed by atoms with Gasteiger partial charge in [0, 0.05) is 94.3 Å². The molecule has 10 rings (SSSR count). The second-order valence-electron chi connectivity index (χ2n) is 14.8. The van der Waals surface area contributed by atoms with E-state index < -0.39 is 0 Å². The molecule has 0 aliphatic carbocycles. The Kier molecular flexibility index (Phi) is 9.50. The number of nitrogens with one attached hydrogen (secondary N) is 1. The van der Waals surface area contributed by atoms with Crippen molar-refractivity contribution in [2.45, 2.75) is 32.7 Å². The molecule has 0 saturated carbocycles. The standard InChI is InChI=1S/C22H23N5O2.C21H21N5O2/c1-14-23-18-6-4-15(10-20(18)29-14)19-11-22(28)27-13-17(5-7-21(27)24-19)26-9-8-16(12-26)25(2)3;1-2-20-24-16-5-3-14(11-18(16)28-20)17-12-21(27)26-13-15(4-6-19(26)23-17)25-9-7-22-8-10-25/h4-7,10-11,13,16H,8-9,12H2,1-3H3;3-6,11-13,22H,2,7-10H2,1H3/t16-;/m1./s1. The van der Waals surface area contributed by atoms with Gasteiger partial charge >= 0.3 is 0 Å². The largest absolute Gasteiger partial charge is 0.441 e. The van der Waals surface area contributed by atoms with Gasteiger partial charge in [0.2, 0.25) is 0 Å². The highest BCUT2D eigenvalue weighted by atomic mass is 16.4. The number of hydrogen-bond acceptors (Lipinski definition) is 12. The molecule has 290 valence electrons. The zero-order valence-electron chi connectivity index (χ0n) is 32.5. The van der Waals surface area contributed by atoms with Gasteiger partial charge in [-0.3, -0.25) is 18.4 Å². The molecular formula is C43H44N10O4. The highest BCUT2D eigenvalue weighted by Gasteiger charge is 2.24. The first-order chi connectivity index (χ1) is 27.7. The third kappa shape index (κ3) is 7.25. The average Bonchev–Trinajstić information content (AvgIpc) is 3.99. The maximum Gasteiger partial charge on any atom is 0.258 e. The Morgan fingerprint density at radius 1 is 0.702 bits per heavy atom. The summed E-state index contributed by atoms with van der Waals surface area (Å²) >= 11 is 0. The van der Waals surface area contributed by atoms with Gasteiger partial charge in [-0.15, -0.1) is 0 Å². The first-order valence-corrected chi connectivity index (χ1v) is 19.4. The van der Waals surface area contributed by atoms with Crippen molar-refractivity contribution in [3.8, 4) is 22.5 Å². The van der Waals surface area contributed by atoms with Crippen LogP contribution in [0, 0.1) is 6.92 Å². The molecule has 2 fully saturated rings. The lowest BCUT2D eigenvalue weighted by Crippen LogP contribution is -2.43. The minimum absolute atomic E-state index is 0.0935. The van der Waals surface area contributed by atoms with Crippen molar-refractivity contribution in [3.63, 3.8) is 0 Å². The van der Waals surface area contributed by atoms with E-state index >= 15 is 0 Å². The van der Waals surface area contributed by atoms with Crippen LogP contribution in [-0.2, 0) is 6.42 Å². The predicted octanol–water partition coefficient (Wildman–Crippen LogP) is 5.43. The van der Waals surface area contributed by atoms with Crippen molar-refractivity contribution in [1.29, 1.82) is 0 Å². The Morgan fingerprint density at radius 3 is 1.86 bits per heavy atom. The van der Waals surface area contributed by atoms with Gasteiger partial charge in [0.25, 0.3) is 11.1 Å². The number of benzene rings is 2. The van der Waals surface area contributed by atoms with Crippen LogP contribution < -0.4 is 26.2 Å². The minimum Gasteiger partial charge on any atom is -0.441 e. The Morgan fingerprint density at radius 2 is 1.28 bits per heavy atom. The van der Waals surface area contributed by atoms with Crippen LogP contribution in [0.25, 0.3) is 56.0 Å². The van der Waals surface area contributed by atoms with Gasteiger partial charge in [0.15, 0.2) is 22.9 Å². The number of piperazine rings is 1. The molecule has 14 heteroatoms. The van der Waals surface area contributed by atoms with Gasteiger partial charge in [-0.05, 0) is 69.0 Å². The Bertz CT molecular complexity index is 2890. The summed E-state index contributed by atoms with van der Waals surface area (Å²) in [6, 6.07) is 23.0. The van der Waals surface area contributed by atoms with Crippen molar-refractivity contribution in [3.05, 3.63) is 118 Å². The molecule has 1 N–H and O–H groups in total. The Balaban J connectivity index is 0.000000148. The van der Waals surface area contributed by atoms with Crippen LogP contribution >= 0.6 is 0 Å². The minimum atomic E-state index is -0.0936. The first kappa shape index (κ1) is 36.3. The number of hydrogen-bond donors (Lipinski definition) is 1. The SMILES string of the molecule is CCc1nc2ccc(-c3cc(=O)n4cc(N5CCNCC5)ccc4n3)cc2o1.Cc1nc2ccc(-c3cc(=O)n4cc(N5CC[C@@H](N(C)C)C5)ccc4n3)cc2o1. The number of aromatic nitrogens is 6. The van der Waals surface area contributed by atoms with Gasteiger partial charge < -0.3 is 28.9 Å². The van der Waals surface area contributed by atoms with Crippen LogP contribution in [0.3, 0.4) is 0 Å². The van der Waals surface area contributed by atoms with E-state index in [0.717, 1.165) is 85.6 Å². The summed E-state index contributed by atoms with van der Waals surface area (Å²) in [6.07, 6.45) is 5.65. The molecule has 2 aliphatic rings. The van der Waals surface area contributed by atoms with Crippen molar-refractivity contribution in [2.24, 2.45) is 0 Å². The summed E-state index contributed by atoms with van der Waals surface area (Å²) in [6.45, 7) is 9.55. The smallest absolute Gasteiger partial charge is 0.258 e. The molecule has 6 aromatic heterocycles. The number of oxazole rings is 2. The lowest BCUT2D eigenvalue weighted by Gasteiger charge is -2.29. The number of rotatable bonds is 6. The molecule has 1 atom stereocenters. The van der Waals surface area contributed by atoms with Crippen LogP contribution in [0.5, 0.6) is 0 Å². The van der Waals surface area contributed by atoms with Crippen LogP contribution in [0.15, 0.2) is 104 Å². The summed E-state index contributed by atoms with van der Waals surface area (Å²) in [4.78, 5) is 50.6. The Labute approximate surface area is 328 Å². The van der Waals surface area contributed by atoms with Gasteiger partial charge in [-0.25, -0.2) is 19.9 Å². The van der Waals surface area contributed by atoms with Crippen molar-refractivity contribution < 1.29 is 8.83 Å². The summed E-state index contributed by atoms with van der Waals surface area (Å²) in [7, 11) is 4.23. The molecule has 0 unspecified atom stereocenters. The third-order valence-electron chi connectivity index (χ3n) is 10.9. The normalized spacial score (nSPS) is 16.0. The van der Waals surface area contributed by atoms with Crippen LogP contribution in [0.4, 0.5) is 11.4 Å². The first-order valence-electron chi connectivity index (χ1n) is 19.4. The van der Waals surface area contributed by atoms with Crippen molar-refractivity contribution in [1.82, 2.24) is 39.0 Å². The topological polar surface area (TPSA) is 143 Å². The van der Waals surface area contributed by atoms with E-state index in [4.69, 9.17) is 18.8 Å². The van der Waals surface area contributed by atoms with E-state index in [1.54, 1.807) is 20.9 Å². The van der Waals surface area contributed by atoms with Crippen LogP contribution in [-0.4, -0.2) is 93.0 Å². The van der Waals surface area contributed by atoms with Gasteiger partial charge in [0.05, 0.1) is 22.8 Å². The molecule has 57 heavy (non-hydrogen) atoms. The molecule has 2 saturated heterocycles. The highest BCUT2D eigenvalue weighted by molar-refractivity contribution is 5.80. The molecule has 8 heterocycles. The molecule has 2 aromatic carbocycles. The van der Waals surface area contributed by atoms with Crippen LogP contribution in [0.1, 0.15) is 25.1 Å². The summed E-state index contributed by atoms with van der Waals surface area (Å²) in [5.74, 6) is 1.33. The quantitative estimate of drug-likeness (QED) is 0.231. The molecule has 0 spiro atoms. The summed E-state index contributed by atoms with van der Waals surface area (Å²) in [5.41, 5.74) is 9.15. The van der Waals surface area contributed by atoms with E-state index in [2.05, 4.69) is 44.1 Å². The fraction of sp³-hybridized carbons (Fsp3) is 0.302. The van der Waals surface area contributed by atoms with E-state index in [0.29, 0.717) is 51.7 Å². The zero-order chi connectivity index (χ0) is 39.2. The third-order valence-corrected chi connectivity index (χ3v) is 10.9. The number of pyridine rings is 2. The number of nitrogens with zero attached hydrogens (tertiary/aromatic N) is 9. The second kappa shape index (κ2) is 14.9. The van der Waals surface area contributed by atoms with Gasteiger partial charge in [-0.2, -0.15) is 0 Å².